The topological polar surface area (TPSA) is 124 Å². The minimum Gasteiger partial charge on any atom is -0.744 e. The van der Waals surface area contributed by atoms with Gasteiger partial charge in [-0.15, -0.1) is 0 Å². The molecule has 0 bridgehead atoms. The third-order valence-electron chi connectivity index (χ3n) is 1.82. The Balaban J connectivity index is 0.00000289. The van der Waals surface area contributed by atoms with Crippen LogP contribution in [0.2, 0.25) is 0 Å². The van der Waals surface area contributed by atoms with Crippen LogP contribution in [0.5, 0.6) is 5.75 Å². The molecule has 1 aromatic rings. The van der Waals surface area contributed by atoms with Crippen molar-refractivity contribution in [3.8, 4) is 5.75 Å². The van der Waals surface area contributed by atoms with Gasteiger partial charge in [-0.2, -0.15) is 0 Å². The van der Waals surface area contributed by atoms with Crippen molar-refractivity contribution in [2.45, 2.75) is 4.90 Å². The number of rotatable bonds is 5. The Bertz CT molecular complexity index is 526. The summed E-state index contributed by atoms with van der Waals surface area (Å²) in [6.45, 7) is -0.573. The van der Waals surface area contributed by atoms with E-state index in [1.807, 2.05) is 0 Å². The van der Waals surface area contributed by atoms with Crippen molar-refractivity contribution in [3.05, 3.63) is 23.8 Å². The number of hydrogen-bond donors (Lipinski definition) is 2. The summed E-state index contributed by atoms with van der Waals surface area (Å²) in [5.74, 6) is -1.60. The molecule has 0 aromatic heterocycles. The molecule has 0 radical (unpaired) electrons. The summed E-state index contributed by atoms with van der Waals surface area (Å²) in [7, 11) is -4.68. The van der Waals surface area contributed by atoms with Gasteiger partial charge in [0.1, 0.15) is 28.0 Å². The van der Waals surface area contributed by atoms with E-state index in [9.17, 15) is 17.8 Å². The number of aromatic carboxylic acids is 1. The van der Waals surface area contributed by atoms with Crippen LogP contribution >= 0.6 is 0 Å². The molecule has 0 amide bonds. The van der Waals surface area contributed by atoms with E-state index in [2.05, 4.69) is 0 Å². The molecule has 0 atom stereocenters. The van der Waals surface area contributed by atoms with Crippen molar-refractivity contribution in [1.29, 1.82) is 0 Å². The summed E-state index contributed by atoms with van der Waals surface area (Å²) >= 11 is 0. The molecule has 18 heavy (non-hydrogen) atoms. The summed E-state index contributed by atoms with van der Waals surface area (Å²) in [5.41, 5.74) is -0.286. The average molecular weight is 284 g/mol. The number of benzene rings is 1. The summed E-state index contributed by atoms with van der Waals surface area (Å²) in [6, 6.07) is 2.67. The Morgan fingerprint density at radius 2 is 2.00 bits per heavy atom. The monoisotopic (exact) mass is 284 g/mol. The number of aliphatic hydroxyl groups is 1. The number of carboxylic acid groups (broad SMARTS) is 1. The smallest absolute Gasteiger partial charge is 0.744 e. The molecule has 7 nitrogen and oxygen atoms in total. The fourth-order valence-electron chi connectivity index (χ4n) is 1.11. The van der Waals surface area contributed by atoms with E-state index in [-0.39, 0.29) is 54.1 Å². The van der Waals surface area contributed by atoms with Crippen LogP contribution < -0.4 is 34.3 Å². The van der Waals surface area contributed by atoms with Crippen molar-refractivity contribution in [2.75, 3.05) is 13.2 Å². The second kappa shape index (κ2) is 7.07. The SMILES string of the molecule is O=C(O)c1ccc(S(=O)(=O)[O-])cc1OCCO.[Na+]. The van der Waals surface area contributed by atoms with E-state index in [1.54, 1.807) is 0 Å². The molecule has 0 aliphatic carbocycles. The standard InChI is InChI=1S/C9H10O7S.Na/c10-3-4-16-8-5-6(17(13,14)15)1-2-7(8)9(11)12;/h1-2,5,10H,3-4H2,(H,11,12)(H,13,14,15);/q;+1/p-1. The second-order valence-corrected chi connectivity index (χ2v) is 4.37. The van der Waals surface area contributed by atoms with Crippen molar-refractivity contribution in [2.24, 2.45) is 0 Å². The molecular weight excluding hydrogens is 275 g/mol. The van der Waals surface area contributed by atoms with Crippen molar-refractivity contribution >= 4 is 16.1 Å². The van der Waals surface area contributed by atoms with E-state index in [1.165, 1.54) is 0 Å². The van der Waals surface area contributed by atoms with Gasteiger partial charge in [0.25, 0.3) is 0 Å². The van der Waals surface area contributed by atoms with Crippen molar-refractivity contribution in [1.82, 2.24) is 0 Å². The van der Waals surface area contributed by atoms with Crippen molar-refractivity contribution in [3.63, 3.8) is 0 Å². The van der Waals surface area contributed by atoms with Crippen LogP contribution in [0.15, 0.2) is 23.1 Å². The molecule has 0 spiro atoms. The Labute approximate surface area is 125 Å². The molecular formula is C9H9NaO7S. The molecule has 2 N–H and O–H groups in total. The third-order valence-corrected chi connectivity index (χ3v) is 2.65. The van der Waals surface area contributed by atoms with Gasteiger partial charge in [-0.25, -0.2) is 13.2 Å². The van der Waals surface area contributed by atoms with Crippen LogP contribution in [0.4, 0.5) is 0 Å². The summed E-state index contributed by atoms with van der Waals surface area (Å²) < 4.78 is 37.0. The van der Waals surface area contributed by atoms with Gasteiger partial charge in [0.2, 0.25) is 0 Å². The van der Waals surface area contributed by atoms with Gasteiger partial charge < -0.3 is 19.5 Å². The molecule has 9 heteroatoms. The number of hydrogen-bond acceptors (Lipinski definition) is 6. The molecule has 94 valence electrons. The Morgan fingerprint density at radius 3 is 2.44 bits per heavy atom. The van der Waals surface area contributed by atoms with Gasteiger partial charge in [0.05, 0.1) is 11.5 Å². The Kier molecular flexibility index (Phi) is 6.82. The van der Waals surface area contributed by atoms with Crippen LogP contribution in [-0.4, -0.2) is 42.4 Å². The molecule has 0 aliphatic rings. The van der Waals surface area contributed by atoms with Gasteiger partial charge in [-0.05, 0) is 18.2 Å². The summed E-state index contributed by atoms with van der Waals surface area (Å²) in [5, 5.41) is 17.3. The van der Waals surface area contributed by atoms with E-state index in [0.717, 1.165) is 18.2 Å². The number of aliphatic hydroxyl groups excluding tert-OH is 1. The first-order valence-corrected chi connectivity index (χ1v) is 5.84. The van der Waals surface area contributed by atoms with E-state index < -0.39 is 21.0 Å². The van der Waals surface area contributed by atoms with Gasteiger partial charge in [0, 0.05) is 0 Å². The van der Waals surface area contributed by atoms with E-state index in [4.69, 9.17) is 14.9 Å². The largest absolute Gasteiger partial charge is 1.00 e. The zero-order valence-electron chi connectivity index (χ0n) is 9.49. The predicted octanol–water partition coefficient (Wildman–Crippen LogP) is -3.34. The fraction of sp³-hybridized carbons (Fsp3) is 0.222. The number of carbonyl (C=O) groups is 1. The van der Waals surface area contributed by atoms with Gasteiger partial charge in [0.15, 0.2) is 0 Å². The molecule has 0 fully saturated rings. The maximum atomic E-state index is 10.8. The first-order valence-electron chi connectivity index (χ1n) is 4.43. The average Bonchev–Trinajstić information content (AvgIpc) is 2.24. The molecule has 0 heterocycles. The minimum absolute atomic E-state index is 0. The normalized spacial score (nSPS) is 10.6. The minimum atomic E-state index is -4.68. The van der Waals surface area contributed by atoms with E-state index in [0.29, 0.717) is 0 Å². The van der Waals surface area contributed by atoms with Crippen molar-refractivity contribution < 1.29 is 62.3 Å². The molecule has 0 saturated carbocycles. The van der Waals surface area contributed by atoms with Crippen LogP contribution in [-0.2, 0) is 10.1 Å². The second-order valence-electron chi connectivity index (χ2n) is 2.99. The quantitative estimate of drug-likeness (QED) is 0.428. The Morgan fingerprint density at radius 1 is 1.39 bits per heavy atom. The first kappa shape index (κ1) is 17.4. The summed E-state index contributed by atoms with van der Waals surface area (Å²) in [4.78, 5) is 10.2. The predicted molar refractivity (Wildman–Crippen MR) is 53.9 cm³/mol. The van der Waals surface area contributed by atoms with Crippen LogP contribution in [0.3, 0.4) is 0 Å². The Hall–Kier alpha value is -0.640. The maximum Gasteiger partial charge on any atom is 1.00 e. The molecule has 0 saturated heterocycles. The fourth-order valence-corrected chi connectivity index (χ4v) is 1.60. The van der Waals surface area contributed by atoms with Gasteiger partial charge in [-0.3, -0.25) is 0 Å². The van der Waals surface area contributed by atoms with Gasteiger partial charge >= 0.3 is 35.5 Å². The first-order chi connectivity index (χ1) is 7.86. The molecule has 0 aliphatic heterocycles. The van der Waals surface area contributed by atoms with Crippen LogP contribution in [0.1, 0.15) is 10.4 Å². The maximum absolute atomic E-state index is 10.8. The van der Waals surface area contributed by atoms with Gasteiger partial charge in [-0.1, -0.05) is 0 Å². The zero-order valence-corrected chi connectivity index (χ0v) is 12.3. The number of carboxylic acids is 1. The summed E-state index contributed by atoms with van der Waals surface area (Å²) in [6.07, 6.45) is 0. The molecule has 0 unspecified atom stereocenters. The number of ether oxygens (including phenoxy) is 1. The van der Waals surface area contributed by atoms with Crippen LogP contribution in [0, 0.1) is 0 Å². The molecule has 1 aromatic carbocycles. The van der Waals surface area contributed by atoms with E-state index >= 15 is 0 Å². The zero-order chi connectivity index (χ0) is 13.1. The molecule has 1 rings (SSSR count). The van der Waals surface area contributed by atoms with Crippen LogP contribution in [0.25, 0.3) is 0 Å². The third kappa shape index (κ3) is 4.56.